The molecular weight excluding hydrogens is 345 g/mol. The number of benzene rings is 1. The third-order valence-corrected chi connectivity index (χ3v) is 4.15. The van der Waals surface area contributed by atoms with E-state index in [2.05, 4.69) is 15.5 Å². The maximum Gasteiger partial charge on any atom is 0.250 e. The molecule has 25 heavy (non-hydrogen) atoms. The van der Waals surface area contributed by atoms with Gasteiger partial charge >= 0.3 is 0 Å². The van der Waals surface area contributed by atoms with Crippen LogP contribution in [0.25, 0.3) is 0 Å². The third-order valence-electron chi connectivity index (χ3n) is 3.79. The van der Waals surface area contributed by atoms with Crippen LogP contribution in [0, 0.1) is 12.7 Å². The van der Waals surface area contributed by atoms with Gasteiger partial charge in [-0.3, -0.25) is 14.2 Å². The van der Waals surface area contributed by atoms with Gasteiger partial charge < -0.3 is 5.32 Å². The maximum atomic E-state index is 13.8. The standard InChI is InChI=1S/C17H17ClFN5O/c1-11-6-9-24(21-11)12(2)17(25)20-16-7-8-23(22-16)10-13-14(18)4-3-5-15(13)19/h3-9,12H,10H2,1-2H3,(H,20,22,25). The van der Waals surface area contributed by atoms with Crippen LogP contribution in [-0.4, -0.2) is 25.5 Å². The molecule has 1 unspecified atom stereocenters. The van der Waals surface area contributed by atoms with Crippen LogP contribution in [-0.2, 0) is 11.3 Å². The van der Waals surface area contributed by atoms with Crippen molar-refractivity contribution in [2.45, 2.75) is 26.4 Å². The second-order valence-corrected chi connectivity index (χ2v) is 6.11. The summed E-state index contributed by atoms with van der Waals surface area (Å²) in [4.78, 5) is 12.3. The molecule has 1 amide bonds. The second kappa shape index (κ2) is 7.06. The van der Waals surface area contributed by atoms with Gasteiger partial charge in [0.2, 0.25) is 5.91 Å². The van der Waals surface area contributed by atoms with Crippen molar-refractivity contribution in [2.75, 3.05) is 5.32 Å². The number of nitrogens with one attached hydrogen (secondary N) is 1. The molecule has 6 nitrogen and oxygen atoms in total. The molecule has 3 rings (SSSR count). The van der Waals surface area contributed by atoms with Crippen LogP contribution in [0.1, 0.15) is 24.2 Å². The lowest BCUT2D eigenvalue weighted by Crippen LogP contribution is -2.24. The number of hydrogen-bond acceptors (Lipinski definition) is 3. The van der Waals surface area contributed by atoms with Crippen molar-refractivity contribution in [1.29, 1.82) is 0 Å². The van der Waals surface area contributed by atoms with Gasteiger partial charge in [0.05, 0.1) is 12.2 Å². The highest BCUT2D eigenvalue weighted by atomic mass is 35.5. The number of halogens is 2. The predicted octanol–water partition coefficient (Wildman–Crippen LogP) is 3.43. The van der Waals surface area contributed by atoms with E-state index >= 15 is 0 Å². The van der Waals surface area contributed by atoms with Gasteiger partial charge in [-0.25, -0.2) is 4.39 Å². The van der Waals surface area contributed by atoms with Gasteiger partial charge in [0.1, 0.15) is 11.9 Å². The zero-order chi connectivity index (χ0) is 18.0. The molecular formula is C17H17ClFN5O. The molecule has 1 atom stereocenters. The quantitative estimate of drug-likeness (QED) is 0.757. The number of hydrogen-bond donors (Lipinski definition) is 1. The first-order valence-electron chi connectivity index (χ1n) is 7.73. The molecule has 2 heterocycles. The molecule has 3 aromatic rings. The third kappa shape index (κ3) is 3.88. The van der Waals surface area contributed by atoms with E-state index in [-0.39, 0.29) is 12.5 Å². The summed E-state index contributed by atoms with van der Waals surface area (Å²) in [6.07, 6.45) is 3.40. The molecule has 130 valence electrons. The van der Waals surface area contributed by atoms with Crippen LogP contribution in [0.15, 0.2) is 42.7 Å². The number of carbonyl (C=O) groups excluding carboxylic acids is 1. The Morgan fingerprint density at radius 1 is 1.28 bits per heavy atom. The number of amides is 1. The van der Waals surface area contributed by atoms with E-state index in [1.165, 1.54) is 10.7 Å². The van der Waals surface area contributed by atoms with E-state index < -0.39 is 11.9 Å². The van der Waals surface area contributed by atoms with Crippen LogP contribution in [0.4, 0.5) is 10.2 Å². The van der Waals surface area contributed by atoms with Crippen molar-refractivity contribution in [1.82, 2.24) is 19.6 Å². The molecule has 0 bridgehead atoms. The minimum absolute atomic E-state index is 0.176. The van der Waals surface area contributed by atoms with Gasteiger partial charge in [-0.05, 0) is 32.0 Å². The van der Waals surface area contributed by atoms with Crippen LogP contribution in [0.5, 0.6) is 0 Å². The minimum atomic E-state index is -0.472. The Morgan fingerprint density at radius 3 is 2.76 bits per heavy atom. The van der Waals surface area contributed by atoms with Gasteiger partial charge in [0, 0.05) is 29.0 Å². The molecule has 0 fully saturated rings. The van der Waals surface area contributed by atoms with Crippen molar-refractivity contribution in [3.05, 3.63) is 64.8 Å². The lowest BCUT2D eigenvalue weighted by molar-refractivity contribution is -0.119. The smallest absolute Gasteiger partial charge is 0.250 e. The largest absolute Gasteiger partial charge is 0.307 e. The first-order valence-corrected chi connectivity index (χ1v) is 8.11. The molecule has 0 spiro atoms. The van der Waals surface area contributed by atoms with Crippen LogP contribution >= 0.6 is 11.6 Å². The Balaban J connectivity index is 1.68. The molecule has 0 saturated heterocycles. The Hall–Kier alpha value is -2.67. The number of aromatic nitrogens is 4. The average Bonchev–Trinajstić information content (AvgIpc) is 3.19. The average molecular weight is 362 g/mol. The lowest BCUT2D eigenvalue weighted by atomic mass is 10.2. The molecule has 0 aliphatic rings. The summed E-state index contributed by atoms with van der Waals surface area (Å²) in [6, 6.07) is 7.53. The number of aryl methyl sites for hydroxylation is 1. The van der Waals surface area contributed by atoms with Gasteiger partial charge in [-0.15, -0.1) is 0 Å². The normalized spacial score (nSPS) is 12.2. The van der Waals surface area contributed by atoms with Gasteiger partial charge in [-0.2, -0.15) is 10.2 Å². The minimum Gasteiger partial charge on any atom is -0.307 e. The molecule has 1 aromatic carbocycles. The number of nitrogens with zero attached hydrogens (tertiary/aromatic N) is 4. The lowest BCUT2D eigenvalue weighted by Gasteiger charge is -2.11. The summed E-state index contributed by atoms with van der Waals surface area (Å²) in [5.74, 6) is -0.248. The summed E-state index contributed by atoms with van der Waals surface area (Å²) in [7, 11) is 0. The Bertz CT molecular complexity index is 884. The number of anilines is 1. The van der Waals surface area contributed by atoms with Crippen molar-refractivity contribution < 1.29 is 9.18 Å². The highest BCUT2D eigenvalue weighted by molar-refractivity contribution is 6.31. The Morgan fingerprint density at radius 2 is 2.08 bits per heavy atom. The molecule has 2 aromatic heterocycles. The van der Waals surface area contributed by atoms with Crippen LogP contribution in [0.3, 0.4) is 0 Å². The number of rotatable bonds is 5. The predicted molar refractivity (Wildman–Crippen MR) is 93.0 cm³/mol. The highest BCUT2D eigenvalue weighted by Gasteiger charge is 2.17. The van der Waals surface area contributed by atoms with E-state index in [1.54, 1.807) is 42.2 Å². The monoisotopic (exact) mass is 361 g/mol. The van der Waals surface area contributed by atoms with Gasteiger partial charge in [0.25, 0.3) is 0 Å². The summed E-state index contributed by atoms with van der Waals surface area (Å²) >= 11 is 6.02. The van der Waals surface area contributed by atoms with E-state index in [0.29, 0.717) is 16.4 Å². The number of carbonyl (C=O) groups is 1. The fraction of sp³-hybridized carbons (Fsp3) is 0.235. The topological polar surface area (TPSA) is 64.7 Å². The fourth-order valence-corrected chi connectivity index (χ4v) is 2.58. The zero-order valence-electron chi connectivity index (χ0n) is 13.8. The summed E-state index contributed by atoms with van der Waals surface area (Å²) < 4.78 is 16.9. The van der Waals surface area contributed by atoms with E-state index in [0.717, 1.165) is 5.69 Å². The molecule has 0 aliphatic heterocycles. The van der Waals surface area contributed by atoms with Crippen LogP contribution in [0.2, 0.25) is 5.02 Å². The maximum absolute atomic E-state index is 13.8. The van der Waals surface area contributed by atoms with Crippen molar-refractivity contribution in [2.24, 2.45) is 0 Å². The summed E-state index contributed by atoms with van der Waals surface area (Å²) in [5, 5.41) is 11.5. The first-order chi connectivity index (χ1) is 11.9. The van der Waals surface area contributed by atoms with E-state index in [1.807, 2.05) is 13.0 Å². The second-order valence-electron chi connectivity index (χ2n) is 5.70. The van der Waals surface area contributed by atoms with Gasteiger partial charge in [-0.1, -0.05) is 17.7 Å². The molecule has 0 radical (unpaired) electrons. The SMILES string of the molecule is Cc1ccn(C(C)C(=O)Nc2ccn(Cc3c(F)cccc3Cl)n2)n1. The zero-order valence-corrected chi connectivity index (χ0v) is 14.5. The van der Waals surface area contributed by atoms with Crippen molar-refractivity contribution in [3.8, 4) is 0 Å². The fourth-order valence-electron chi connectivity index (χ4n) is 2.36. The van der Waals surface area contributed by atoms with Crippen molar-refractivity contribution >= 4 is 23.3 Å². The summed E-state index contributed by atoms with van der Waals surface area (Å²) in [6.45, 7) is 3.78. The van der Waals surface area contributed by atoms with E-state index in [4.69, 9.17) is 11.6 Å². The van der Waals surface area contributed by atoms with Crippen LogP contribution < -0.4 is 5.32 Å². The molecule has 1 N–H and O–H groups in total. The Kier molecular flexibility index (Phi) is 4.85. The molecule has 0 saturated carbocycles. The van der Waals surface area contributed by atoms with E-state index in [9.17, 15) is 9.18 Å². The van der Waals surface area contributed by atoms with Crippen molar-refractivity contribution in [3.63, 3.8) is 0 Å². The highest BCUT2D eigenvalue weighted by Crippen LogP contribution is 2.20. The molecule has 0 aliphatic carbocycles. The Labute approximate surface area is 149 Å². The summed E-state index contributed by atoms with van der Waals surface area (Å²) in [5.41, 5.74) is 1.19. The van der Waals surface area contributed by atoms with Gasteiger partial charge in [0.15, 0.2) is 5.82 Å². The molecule has 8 heteroatoms. The first kappa shape index (κ1) is 17.2.